The lowest BCUT2D eigenvalue weighted by Gasteiger charge is -2.31. The molecule has 0 spiro atoms. The number of hydrogen-bond acceptors (Lipinski definition) is 3. The Kier molecular flexibility index (Phi) is 4.70. The second-order valence-corrected chi connectivity index (χ2v) is 5.05. The Morgan fingerprint density at radius 1 is 1.43 bits per heavy atom. The molecule has 1 aliphatic heterocycles. The summed E-state index contributed by atoms with van der Waals surface area (Å²) in [5, 5.41) is 8.59. The maximum Gasteiger partial charge on any atom is 0.328 e. The van der Waals surface area contributed by atoms with Gasteiger partial charge in [-0.2, -0.15) is 0 Å². The second-order valence-electron chi connectivity index (χ2n) is 5.05. The molecule has 0 saturated carbocycles. The summed E-state index contributed by atoms with van der Waals surface area (Å²) in [5.74, 6) is -1.52. The van der Waals surface area contributed by atoms with Crippen molar-refractivity contribution in [1.29, 1.82) is 0 Å². The van der Waals surface area contributed by atoms with Crippen LogP contribution < -0.4 is 0 Å². The van der Waals surface area contributed by atoms with Crippen molar-refractivity contribution in [3.63, 3.8) is 0 Å². The van der Waals surface area contributed by atoms with Crippen LogP contribution in [0.25, 0.3) is 6.08 Å². The van der Waals surface area contributed by atoms with E-state index >= 15 is 0 Å². The van der Waals surface area contributed by atoms with Gasteiger partial charge in [0.2, 0.25) is 5.91 Å². The normalized spacial score (nSPS) is 16.7. The number of hydrogen-bond donors (Lipinski definition) is 1. The highest BCUT2D eigenvalue weighted by molar-refractivity contribution is 5.85. The second kappa shape index (κ2) is 6.49. The van der Waals surface area contributed by atoms with Gasteiger partial charge in [-0.3, -0.25) is 9.69 Å². The van der Waals surface area contributed by atoms with Crippen LogP contribution in [0.1, 0.15) is 11.1 Å². The molecule has 21 heavy (non-hydrogen) atoms. The minimum atomic E-state index is -1.12. The zero-order valence-corrected chi connectivity index (χ0v) is 11.8. The van der Waals surface area contributed by atoms with Gasteiger partial charge in [0.15, 0.2) is 0 Å². The Morgan fingerprint density at radius 2 is 2.19 bits per heavy atom. The monoisotopic (exact) mass is 292 g/mol. The molecule has 1 aromatic rings. The molecule has 1 aliphatic rings. The van der Waals surface area contributed by atoms with Crippen molar-refractivity contribution in [3.05, 3.63) is 41.2 Å². The van der Waals surface area contributed by atoms with Crippen LogP contribution in [0.5, 0.6) is 0 Å². The molecule has 0 bridgehead atoms. The first-order valence-electron chi connectivity index (χ1n) is 6.61. The third kappa shape index (κ3) is 4.13. The van der Waals surface area contributed by atoms with E-state index in [1.807, 2.05) is 4.90 Å². The molecule has 1 N–H and O–H groups in total. The van der Waals surface area contributed by atoms with E-state index in [0.29, 0.717) is 19.6 Å². The Balaban J connectivity index is 2.09. The number of piperazine rings is 1. The van der Waals surface area contributed by atoms with E-state index in [1.165, 1.54) is 12.1 Å². The lowest BCUT2D eigenvalue weighted by Crippen LogP contribution is -2.47. The summed E-state index contributed by atoms with van der Waals surface area (Å²) in [4.78, 5) is 25.8. The summed E-state index contributed by atoms with van der Waals surface area (Å²) >= 11 is 0. The molecule has 6 heteroatoms. The lowest BCUT2D eigenvalue weighted by atomic mass is 10.1. The Hall–Kier alpha value is -2.21. The van der Waals surface area contributed by atoms with Crippen LogP contribution in [0, 0.1) is 5.82 Å². The van der Waals surface area contributed by atoms with Gasteiger partial charge < -0.3 is 10.0 Å². The largest absolute Gasteiger partial charge is 0.478 e. The van der Waals surface area contributed by atoms with Gasteiger partial charge in [0.05, 0.1) is 6.54 Å². The van der Waals surface area contributed by atoms with Gasteiger partial charge in [-0.25, -0.2) is 9.18 Å². The SMILES string of the molecule is CN1CCN(Cc2ccc(F)c(C=CC(=O)O)c2)CC1=O. The Bertz CT molecular complexity index is 586. The molecule has 112 valence electrons. The maximum absolute atomic E-state index is 13.6. The molecule has 1 heterocycles. The molecule has 0 atom stereocenters. The summed E-state index contributed by atoms with van der Waals surface area (Å²) in [6.45, 7) is 2.31. The molecule has 0 radical (unpaired) electrons. The fourth-order valence-corrected chi connectivity index (χ4v) is 2.18. The van der Waals surface area contributed by atoms with Crippen molar-refractivity contribution < 1.29 is 19.1 Å². The summed E-state index contributed by atoms with van der Waals surface area (Å²) in [6, 6.07) is 4.57. The number of aliphatic carboxylic acids is 1. The predicted octanol–water partition coefficient (Wildman–Crippen LogP) is 1.20. The smallest absolute Gasteiger partial charge is 0.328 e. The van der Waals surface area contributed by atoms with Gasteiger partial charge in [-0.05, 0) is 23.8 Å². The number of amides is 1. The number of nitrogens with zero attached hydrogens (tertiary/aromatic N) is 2. The number of carboxylic acids is 1. The van der Waals surface area contributed by atoms with Crippen LogP contribution in [0.3, 0.4) is 0 Å². The molecule has 1 fully saturated rings. The summed E-state index contributed by atoms with van der Waals surface area (Å²) < 4.78 is 13.6. The Morgan fingerprint density at radius 3 is 2.86 bits per heavy atom. The van der Waals surface area contributed by atoms with E-state index in [2.05, 4.69) is 0 Å². The molecule has 1 saturated heterocycles. The molecule has 2 rings (SSSR count). The molecule has 0 aliphatic carbocycles. The highest BCUT2D eigenvalue weighted by Gasteiger charge is 2.20. The van der Waals surface area contributed by atoms with Gasteiger partial charge in [0.1, 0.15) is 5.82 Å². The van der Waals surface area contributed by atoms with E-state index in [4.69, 9.17) is 5.11 Å². The predicted molar refractivity (Wildman–Crippen MR) is 76.0 cm³/mol. The molecule has 0 aromatic heterocycles. The number of halogens is 1. The number of carboxylic acid groups (broad SMARTS) is 1. The van der Waals surface area contributed by atoms with Crippen molar-refractivity contribution in [3.8, 4) is 0 Å². The standard InChI is InChI=1S/C15H17FN2O3/c1-17-6-7-18(10-14(17)19)9-11-2-4-13(16)12(8-11)3-5-15(20)21/h2-5,8H,6-7,9-10H2,1H3,(H,20,21). The van der Waals surface area contributed by atoms with Gasteiger partial charge >= 0.3 is 5.97 Å². The highest BCUT2D eigenvalue weighted by Crippen LogP contribution is 2.15. The van der Waals surface area contributed by atoms with E-state index in [0.717, 1.165) is 18.2 Å². The molecular weight excluding hydrogens is 275 g/mol. The zero-order valence-electron chi connectivity index (χ0n) is 11.8. The molecular formula is C15H17FN2O3. The molecule has 5 nitrogen and oxygen atoms in total. The average molecular weight is 292 g/mol. The van der Waals surface area contributed by atoms with Crippen LogP contribution in [0.4, 0.5) is 4.39 Å². The summed E-state index contributed by atoms with van der Waals surface area (Å²) in [5.41, 5.74) is 1.08. The van der Waals surface area contributed by atoms with Crippen LogP contribution in [-0.4, -0.2) is 53.5 Å². The minimum absolute atomic E-state index is 0.0642. The zero-order chi connectivity index (χ0) is 15.4. The van der Waals surface area contributed by atoms with Crippen LogP contribution in [0.15, 0.2) is 24.3 Å². The van der Waals surface area contributed by atoms with Crippen molar-refractivity contribution in [2.75, 3.05) is 26.7 Å². The maximum atomic E-state index is 13.6. The number of benzene rings is 1. The lowest BCUT2D eigenvalue weighted by molar-refractivity contribution is -0.134. The molecule has 1 amide bonds. The third-order valence-electron chi connectivity index (χ3n) is 3.41. The topological polar surface area (TPSA) is 60.9 Å². The van der Waals surface area contributed by atoms with Gasteiger partial charge in [0, 0.05) is 38.3 Å². The van der Waals surface area contributed by atoms with Gasteiger partial charge in [-0.15, -0.1) is 0 Å². The van der Waals surface area contributed by atoms with E-state index < -0.39 is 11.8 Å². The Labute approximate surface area is 122 Å². The van der Waals surface area contributed by atoms with Gasteiger partial charge in [-0.1, -0.05) is 6.07 Å². The number of carbonyl (C=O) groups is 2. The number of rotatable bonds is 4. The summed E-state index contributed by atoms with van der Waals surface area (Å²) in [7, 11) is 1.77. The van der Waals surface area contributed by atoms with Crippen molar-refractivity contribution >= 4 is 18.0 Å². The fraction of sp³-hybridized carbons (Fsp3) is 0.333. The minimum Gasteiger partial charge on any atom is -0.478 e. The summed E-state index contributed by atoms with van der Waals surface area (Å²) in [6.07, 6.45) is 2.14. The number of carbonyl (C=O) groups excluding carboxylic acids is 1. The van der Waals surface area contributed by atoms with Crippen LogP contribution in [-0.2, 0) is 16.1 Å². The van der Waals surface area contributed by atoms with Crippen molar-refractivity contribution in [2.45, 2.75) is 6.54 Å². The van der Waals surface area contributed by atoms with E-state index in [9.17, 15) is 14.0 Å². The van der Waals surface area contributed by atoms with Gasteiger partial charge in [0.25, 0.3) is 0 Å². The fourth-order valence-electron chi connectivity index (χ4n) is 2.18. The van der Waals surface area contributed by atoms with Crippen molar-refractivity contribution in [1.82, 2.24) is 9.80 Å². The third-order valence-corrected chi connectivity index (χ3v) is 3.41. The first-order valence-corrected chi connectivity index (χ1v) is 6.61. The quantitative estimate of drug-likeness (QED) is 0.847. The molecule has 1 aromatic carbocycles. The van der Waals surface area contributed by atoms with E-state index in [1.54, 1.807) is 24.1 Å². The van der Waals surface area contributed by atoms with Crippen molar-refractivity contribution in [2.24, 2.45) is 0 Å². The highest BCUT2D eigenvalue weighted by atomic mass is 19.1. The average Bonchev–Trinajstić information content (AvgIpc) is 2.43. The number of likely N-dealkylation sites (N-methyl/N-ethyl adjacent to an activating group) is 1. The van der Waals surface area contributed by atoms with E-state index in [-0.39, 0.29) is 11.5 Å². The first-order chi connectivity index (χ1) is 9.95. The van der Waals surface area contributed by atoms with Crippen LogP contribution >= 0.6 is 0 Å². The molecule has 0 unspecified atom stereocenters. The first kappa shape index (κ1) is 15.2. The van der Waals surface area contributed by atoms with Crippen LogP contribution in [0.2, 0.25) is 0 Å².